The van der Waals surface area contributed by atoms with E-state index < -0.39 is 40.0 Å². The molecule has 9 nitrogen and oxygen atoms in total. The Hall–Kier alpha value is -2.30. The second-order valence-electron chi connectivity index (χ2n) is 7.43. The van der Waals surface area contributed by atoms with Crippen molar-refractivity contribution in [1.29, 1.82) is 0 Å². The number of halogens is 2. The fourth-order valence-electron chi connectivity index (χ4n) is 3.65. The van der Waals surface area contributed by atoms with E-state index in [1.807, 2.05) is 0 Å². The largest absolute Gasteiger partial charge is 0.480 e. The first-order valence-corrected chi connectivity index (χ1v) is 10.5. The second kappa shape index (κ2) is 7.44. The van der Waals surface area contributed by atoms with E-state index in [2.05, 4.69) is 15.5 Å². The summed E-state index contributed by atoms with van der Waals surface area (Å²) in [4.78, 5) is 41.9. The number of hydrogen-bond donors (Lipinski definition) is 2. The Kier molecular flexibility index (Phi) is 5.19. The lowest BCUT2D eigenvalue weighted by Crippen LogP contribution is -2.70. The van der Waals surface area contributed by atoms with Gasteiger partial charge in [-0.1, -0.05) is 34.4 Å². The van der Waals surface area contributed by atoms with Crippen molar-refractivity contribution in [2.75, 3.05) is 0 Å². The molecule has 2 saturated heterocycles. The average molecular weight is 471 g/mol. The molecule has 2 aromatic rings. The summed E-state index contributed by atoms with van der Waals surface area (Å²) in [5, 5.41) is 16.1. The van der Waals surface area contributed by atoms with Crippen molar-refractivity contribution in [2.24, 2.45) is 0 Å². The van der Waals surface area contributed by atoms with Crippen LogP contribution in [0.25, 0.3) is 11.4 Å². The Balaban J connectivity index is 1.43. The standard InChI is InChI=1S/C18H16Cl2N4O5S/c1-18(2)13(17(27)28)24-15(26)12(16(24)30-18)21-9(25)6-10-22-14(23-29-10)11-7(19)4-3-5-8(11)20/h3-5,12-13,16H,6H2,1-2H3,(H,21,25)(H,27,28)/t12-,13+,16-/m1/s1. The van der Waals surface area contributed by atoms with E-state index in [9.17, 15) is 19.5 Å². The number of benzene rings is 1. The first-order chi connectivity index (χ1) is 14.1. The van der Waals surface area contributed by atoms with Crippen molar-refractivity contribution >= 4 is 52.7 Å². The summed E-state index contributed by atoms with van der Waals surface area (Å²) in [5.41, 5.74) is 0.394. The lowest BCUT2D eigenvalue weighted by Gasteiger charge is -2.43. The van der Waals surface area contributed by atoms with Crippen molar-refractivity contribution in [1.82, 2.24) is 20.4 Å². The molecular weight excluding hydrogens is 455 g/mol. The van der Waals surface area contributed by atoms with E-state index >= 15 is 0 Å². The van der Waals surface area contributed by atoms with Crippen LogP contribution in [-0.4, -0.2) is 60.1 Å². The van der Waals surface area contributed by atoms with Gasteiger partial charge in [0.25, 0.3) is 0 Å². The first kappa shape index (κ1) is 21.0. The van der Waals surface area contributed by atoms with Gasteiger partial charge < -0.3 is 19.8 Å². The molecule has 2 aliphatic rings. The van der Waals surface area contributed by atoms with Crippen molar-refractivity contribution < 1.29 is 24.0 Å². The molecule has 0 bridgehead atoms. The highest BCUT2D eigenvalue weighted by Gasteiger charge is 2.64. The molecule has 2 N–H and O–H groups in total. The third-order valence-electron chi connectivity index (χ3n) is 4.96. The van der Waals surface area contributed by atoms with Crippen molar-refractivity contribution in [3.05, 3.63) is 34.1 Å². The van der Waals surface area contributed by atoms with E-state index in [4.69, 9.17) is 27.7 Å². The molecule has 30 heavy (non-hydrogen) atoms. The lowest BCUT2D eigenvalue weighted by atomic mass is 9.96. The average Bonchev–Trinajstić information content (AvgIpc) is 3.19. The summed E-state index contributed by atoms with van der Waals surface area (Å²) in [6.45, 7) is 3.53. The smallest absolute Gasteiger partial charge is 0.327 e. The van der Waals surface area contributed by atoms with Gasteiger partial charge in [-0.05, 0) is 26.0 Å². The number of nitrogens with one attached hydrogen (secondary N) is 1. The Bertz CT molecular complexity index is 1040. The highest BCUT2D eigenvalue weighted by atomic mass is 35.5. The molecule has 2 aliphatic heterocycles. The zero-order valence-electron chi connectivity index (χ0n) is 15.8. The summed E-state index contributed by atoms with van der Waals surface area (Å²) in [6, 6.07) is 3.20. The van der Waals surface area contributed by atoms with E-state index in [-0.39, 0.29) is 18.1 Å². The number of aliphatic carboxylic acids is 1. The van der Waals surface area contributed by atoms with E-state index in [0.29, 0.717) is 15.6 Å². The maximum absolute atomic E-state index is 12.5. The van der Waals surface area contributed by atoms with Crippen LogP contribution in [0.1, 0.15) is 19.7 Å². The fraction of sp³-hybridized carbons (Fsp3) is 0.389. The monoisotopic (exact) mass is 470 g/mol. The Morgan fingerprint density at radius 2 is 2.00 bits per heavy atom. The summed E-state index contributed by atoms with van der Waals surface area (Å²) in [6.07, 6.45) is -0.248. The number of carboxylic acids is 1. The number of β-lactam (4-membered cyclic amide) rings is 1. The van der Waals surface area contributed by atoms with E-state index in [0.717, 1.165) is 0 Å². The van der Waals surface area contributed by atoms with Gasteiger partial charge in [0.1, 0.15) is 23.9 Å². The first-order valence-electron chi connectivity index (χ1n) is 8.89. The zero-order valence-corrected chi connectivity index (χ0v) is 18.1. The van der Waals surface area contributed by atoms with Gasteiger partial charge in [-0.2, -0.15) is 4.98 Å². The van der Waals surface area contributed by atoms with Gasteiger partial charge in [0.05, 0.1) is 15.6 Å². The molecule has 2 amide bonds. The molecule has 2 fully saturated rings. The Labute approximate surface area is 185 Å². The summed E-state index contributed by atoms with van der Waals surface area (Å²) >= 11 is 13.6. The minimum Gasteiger partial charge on any atom is -0.480 e. The molecule has 1 aromatic heterocycles. The molecule has 3 heterocycles. The Morgan fingerprint density at radius 3 is 2.63 bits per heavy atom. The summed E-state index contributed by atoms with van der Waals surface area (Å²) in [5.74, 6) is -1.80. The number of aromatic nitrogens is 2. The number of rotatable bonds is 5. The number of hydrogen-bond acceptors (Lipinski definition) is 7. The number of nitrogens with zero attached hydrogens (tertiary/aromatic N) is 3. The van der Waals surface area contributed by atoms with Crippen molar-refractivity contribution in [3.8, 4) is 11.4 Å². The maximum atomic E-state index is 12.5. The van der Waals surface area contributed by atoms with Crippen molar-refractivity contribution in [2.45, 2.75) is 42.5 Å². The van der Waals surface area contributed by atoms with Crippen LogP contribution in [0, 0.1) is 0 Å². The van der Waals surface area contributed by atoms with Gasteiger partial charge in [0.2, 0.25) is 23.5 Å². The number of carbonyl (C=O) groups is 3. The molecule has 158 valence electrons. The van der Waals surface area contributed by atoms with Crippen molar-refractivity contribution in [3.63, 3.8) is 0 Å². The molecular formula is C18H16Cl2N4O5S. The number of carbonyl (C=O) groups excluding carboxylic acids is 2. The molecule has 0 spiro atoms. The molecule has 3 atom stereocenters. The predicted molar refractivity (Wildman–Crippen MR) is 109 cm³/mol. The summed E-state index contributed by atoms with van der Waals surface area (Å²) < 4.78 is 4.45. The fourth-order valence-corrected chi connectivity index (χ4v) is 5.84. The Morgan fingerprint density at radius 1 is 1.33 bits per heavy atom. The normalized spacial score (nSPS) is 24.3. The molecule has 12 heteroatoms. The van der Waals surface area contributed by atoms with Crippen LogP contribution in [0.2, 0.25) is 10.0 Å². The molecule has 0 saturated carbocycles. The van der Waals surface area contributed by atoms with Gasteiger partial charge in [-0.3, -0.25) is 9.59 Å². The minimum absolute atomic E-state index is 0.0323. The van der Waals surface area contributed by atoms with Crippen LogP contribution >= 0.6 is 35.0 Å². The van der Waals surface area contributed by atoms with Crippen LogP contribution in [0.4, 0.5) is 0 Å². The maximum Gasteiger partial charge on any atom is 0.327 e. The van der Waals surface area contributed by atoms with E-state index in [1.165, 1.54) is 16.7 Å². The van der Waals surface area contributed by atoms with Gasteiger partial charge in [-0.15, -0.1) is 11.8 Å². The van der Waals surface area contributed by atoms with Gasteiger partial charge >= 0.3 is 5.97 Å². The number of fused-ring (bicyclic) bond motifs is 1. The molecule has 0 radical (unpaired) electrons. The zero-order chi connectivity index (χ0) is 21.8. The predicted octanol–water partition coefficient (Wildman–Crippen LogP) is 2.22. The number of carboxylic acid groups (broad SMARTS) is 1. The third-order valence-corrected chi connectivity index (χ3v) is 7.16. The lowest BCUT2D eigenvalue weighted by molar-refractivity contribution is -0.161. The molecule has 1 aromatic carbocycles. The number of thioether (sulfide) groups is 1. The van der Waals surface area contributed by atoms with Crippen LogP contribution < -0.4 is 5.32 Å². The van der Waals surface area contributed by atoms with Gasteiger partial charge in [0, 0.05) is 4.75 Å². The molecule has 4 rings (SSSR count). The molecule has 0 aliphatic carbocycles. The quantitative estimate of drug-likeness (QED) is 0.636. The van der Waals surface area contributed by atoms with Crippen LogP contribution in [-0.2, 0) is 20.8 Å². The van der Waals surface area contributed by atoms with E-state index in [1.54, 1.807) is 32.0 Å². The second-order valence-corrected chi connectivity index (χ2v) is 10.0. The van der Waals surface area contributed by atoms with Crippen LogP contribution in [0.3, 0.4) is 0 Å². The topological polar surface area (TPSA) is 126 Å². The SMILES string of the molecule is CC1(C)S[C@@H]2[C@H](NC(=O)Cc3nc(-c4c(Cl)cccc4Cl)no3)C(=O)N2[C@H]1C(=O)O. The minimum atomic E-state index is -1.07. The van der Waals surface area contributed by atoms with Gasteiger partial charge in [0.15, 0.2) is 0 Å². The molecule has 0 unspecified atom stereocenters. The number of amides is 2. The van der Waals surface area contributed by atoms with Gasteiger partial charge in [-0.25, -0.2) is 4.79 Å². The highest BCUT2D eigenvalue weighted by molar-refractivity contribution is 8.01. The van der Waals surface area contributed by atoms with Crippen LogP contribution in [0.5, 0.6) is 0 Å². The van der Waals surface area contributed by atoms with Crippen LogP contribution in [0.15, 0.2) is 22.7 Å². The highest BCUT2D eigenvalue weighted by Crippen LogP contribution is 2.50. The third kappa shape index (κ3) is 3.42. The summed E-state index contributed by atoms with van der Waals surface area (Å²) in [7, 11) is 0.